The molecule has 1 aromatic heterocycles. The fourth-order valence-corrected chi connectivity index (χ4v) is 3.96. The molecule has 1 amide bonds. The van der Waals surface area contributed by atoms with Crippen molar-refractivity contribution in [2.45, 2.75) is 5.16 Å². The minimum atomic E-state index is -0.260. The molecule has 0 spiro atoms. The average Bonchev–Trinajstić information content (AvgIpc) is 3.23. The molecule has 1 heterocycles. The summed E-state index contributed by atoms with van der Waals surface area (Å²) in [5, 5.41) is 14.5. The number of rotatable bonds is 7. The van der Waals surface area contributed by atoms with Crippen molar-refractivity contribution in [3.8, 4) is 17.1 Å². The van der Waals surface area contributed by atoms with Crippen molar-refractivity contribution >= 4 is 47.1 Å². The molecular weight excluding hydrogens is 465 g/mol. The first kappa shape index (κ1) is 22.1. The second-order valence-corrected chi connectivity index (χ2v) is 8.44. The Hall–Kier alpha value is -3.13. The largest absolute Gasteiger partial charge is 0.272 e. The summed E-state index contributed by atoms with van der Waals surface area (Å²) >= 11 is 13.2. The summed E-state index contributed by atoms with van der Waals surface area (Å²) in [6, 6.07) is 24.3. The average molecular weight is 482 g/mol. The van der Waals surface area contributed by atoms with Crippen molar-refractivity contribution in [1.29, 1.82) is 0 Å². The summed E-state index contributed by atoms with van der Waals surface area (Å²) in [5.74, 6) is 0.525. The second kappa shape index (κ2) is 10.5. The van der Waals surface area contributed by atoms with E-state index >= 15 is 0 Å². The van der Waals surface area contributed by atoms with Gasteiger partial charge in [0.2, 0.25) is 0 Å². The van der Waals surface area contributed by atoms with Crippen LogP contribution in [0.2, 0.25) is 10.0 Å². The van der Waals surface area contributed by atoms with Crippen LogP contribution in [-0.2, 0) is 4.79 Å². The maximum absolute atomic E-state index is 12.3. The van der Waals surface area contributed by atoms with Gasteiger partial charge in [-0.1, -0.05) is 65.3 Å². The van der Waals surface area contributed by atoms with Gasteiger partial charge in [-0.05, 0) is 54.1 Å². The second-order valence-electron chi connectivity index (χ2n) is 6.62. The molecule has 0 unspecified atom stereocenters. The van der Waals surface area contributed by atoms with Gasteiger partial charge in [-0.3, -0.25) is 9.36 Å². The fraction of sp³-hybridized carbons (Fsp3) is 0.0435. The van der Waals surface area contributed by atoms with E-state index in [0.29, 0.717) is 21.0 Å². The number of hydrogen-bond acceptors (Lipinski definition) is 5. The number of halogens is 2. The molecular formula is C23H17Cl2N5OS. The molecule has 0 bridgehead atoms. The van der Waals surface area contributed by atoms with E-state index in [1.54, 1.807) is 30.5 Å². The third-order valence-corrected chi connectivity index (χ3v) is 5.75. The lowest BCUT2D eigenvalue weighted by Gasteiger charge is -2.10. The highest BCUT2D eigenvalue weighted by Crippen LogP contribution is 2.28. The van der Waals surface area contributed by atoms with E-state index in [0.717, 1.165) is 16.8 Å². The SMILES string of the molecule is O=C(CSc1nnc(-c2ccc(Cl)cc2)n1-c1ccccc1)N/N=C/c1cccc(Cl)c1. The molecule has 0 aliphatic heterocycles. The van der Waals surface area contributed by atoms with Gasteiger partial charge >= 0.3 is 0 Å². The third kappa shape index (κ3) is 5.56. The Morgan fingerprint density at radius 1 is 0.969 bits per heavy atom. The summed E-state index contributed by atoms with van der Waals surface area (Å²) in [5.41, 5.74) is 5.07. The number of thioether (sulfide) groups is 1. The number of benzene rings is 3. The molecule has 6 nitrogen and oxygen atoms in total. The summed E-state index contributed by atoms with van der Waals surface area (Å²) in [4.78, 5) is 12.3. The monoisotopic (exact) mass is 481 g/mol. The Morgan fingerprint density at radius 3 is 2.50 bits per heavy atom. The molecule has 4 aromatic rings. The lowest BCUT2D eigenvalue weighted by Crippen LogP contribution is -2.20. The van der Waals surface area contributed by atoms with Crippen molar-refractivity contribution in [2.24, 2.45) is 5.10 Å². The number of nitrogens with one attached hydrogen (secondary N) is 1. The Morgan fingerprint density at radius 2 is 1.75 bits per heavy atom. The van der Waals surface area contributed by atoms with Crippen molar-refractivity contribution in [3.05, 3.63) is 94.5 Å². The van der Waals surface area contributed by atoms with Crippen molar-refractivity contribution in [1.82, 2.24) is 20.2 Å². The third-order valence-electron chi connectivity index (χ3n) is 4.33. The topological polar surface area (TPSA) is 72.2 Å². The summed E-state index contributed by atoms with van der Waals surface area (Å²) in [7, 11) is 0. The number of para-hydroxylation sites is 1. The molecule has 0 saturated heterocycles. The van der Waals surface area contributed by atoms with E-state index < -0.39 is 0 Å². The van der Waals surface area contributed by atoms with Gasteiger partial charge in [0.15, 0.2) is 11.0 Å². The number of hydrazone groups is 1. The van der Waals surface area contributed by atoms with Crippen LogP contribution in [0.25, 0.3) is 17.1 Å². The van der Waals surface area contributed by atoms with Gasteiger partial charge in [0.1, 0.15) is 0 Å². The zero-order chi connectivity index (χ0) is 22.3. The number of amides is 1. The van der Waals surface area contributed by atoms with E-state index in [1.165, 1.54) is 11.8 Å². The fourth-order valence-electron chi connectivity index (χ4n) is 2.89. The predicted octanol–water partition coefficient (Wildman–Crippen LogP) is 5.48. The molecule has 0 fully saturated rings. The minimum Gasteiger partial charge on any atom is -0.272 e. The van der Waals surface area contributed by atoms with Crippen LogP contribution in [0, 0.1) is 0 Å². The van der Waals surface area contributed by atoms with E-state index in [-0.39, 0.29) is 11.7 Å². The van der Waals surface area contributed by atoms with E-state index in [1.807, 2.05) is 59.2 Å². The Balaban J connectivity index is 1.49. The molecule has 160 valence electrons. The lowest BCUT2D eigenvalue weighted by molar-refractivity contribution is -0.118. The van der Waals surface area contributed by atoms with Gasteiger partial charge in [0, 0.05) is 21.3 Å². The van der Waals surface area contributed by atoms with Gasteiger partial charge in [0.25, 0.3) is 5.91 Å². The zero-order valence-electron chi connectivity index (χ0n) is 16.7. The highest BCUT2D eigenvalue weighted by molar-refractivity contribution is 7.99. The van der Waals surface area contributed by atoms with Crippen molar-refractivity contribution in [2.75, 3.05) is 5.75 Å². The van der Waals surface area contributed by atoms with Crippen LogP contribution >= 0.6 is 35.0 Å². The van der Waals surface area contributed by atoms with Gasteiger partial charge in [-0.15, -0.1) is 10.2 Å². The lowest BCUT2D eigenvalue weighted by atomic mass is 10.2. The van der Waals surface area contributed by atoms with E-state index in [9.17, 15) is 4.79 Å². The normalized spacial score (nSPS) is 11.1. The van der Waals surface area contributed by atoms with E-state index in [4.69, 9.17) is 23.2 Å². The first-order valence-electron chi connectivity index (χ1n) is 9.57. The number of carbonyl (C=O) groups excluding carboxylic acids is 1. The molecule has 0 saturated carbocycles. The van der Waals surface area contributed by atoms with Crippen LogP contribution in [0.3, 0.4) is 0 Å². The van der Waals surface area contributed by atoms with Crippen molar-refractivity contribution < 1.29 is 4.79 Å². The molecule has 1 N–H and O–H groups in total. The smallest absolute Gasteiger partial charge is 0.250 e. The molecule has 0 aliphatic carbocycles. The van der Waals surface area contributed by atoms with Crippen LogP contribution in [0.4, 0.5) is 0 Å². The Labute approximate surface area is 199 Å². The first-order valence-corrected chi connectivity index (χ1v) is 11.3. The van der Waals surface area contributed by atoms with Gasteiger partial charge < -0.3 is 0 Å². The highest BCUT2D eigenvalue weighted by Gasteiger charge is 2.17. The molecule has 0 radical (unpaired) electrons. The minimum absolute atomic E-state index is 0.123. The number of nitrogens with zero attached hydrogens (tertiary/aromatic N) is 4. The molecule has 0 atom stereocenters. The molecule has 3 aromatic carbocycles. The van der Waals surface area contributed by atoms with Crippen LogP contribution in [0.5, 0.6) is 0 Å². The van der Waals surface area contributed by atoms with Gasteiger partial charge in [0.05, 0.1) is 12.0 Å². The van der Waals surface area contributed by atoms with Crippen LogP contribution in [0.1, 0.15) is 5.56 Å². The molecule has 0 aliphatic rings. The summed E-state index contributed by atoms with van der Waals surface area (Å²) < 4.78 is 1.91. The Kier molecular flexibility index (Phi) is 7.21. The van der Waals surface area contributed by atoms with Crippen LogP contribution < -0.4 is 5.43 Å². The summed E-state index contributed by atoms with van der Waals surface area (Å²) in [6.07, 6.45) is 1.54. The van der Waals surface area contributed by atoms with Crippen LogP contribution in [-0.4, -0.2) is 32.6 Å². The highest BCUT2D eigenvalue weighted by atomic mass is 35.5. The number of aromatic nitrogens is 3. The molecule has 32 heavy (non-hydrogen) atoms. The number of hydrogen-bond donors (Lipinski definition) is 1. The quantitative estimate of drug-likeness (QED) is 0.215. The summed E-state index contributed by atoms with van der Waals surface area (Å²) in [6.45, 7) is 0. The maximum atomic E-state index is 12.3. The standard InChI is InChI=1S/C23H17Cl2N5OS/c24-18-11-9-17(10-12-18)22-28-29-23(30(22)20-7-2-1-3-8-20)32-15-21(31)27-26-14-16-5-4-6-19(25)13-16/h1-14H,15H2,(H,27,31)/b26-14+. The first-order chi connectivity index (χ1) is 15.6. The van der Waals surface area contributed by atoms with Crippen LogP contribution in [0.15, 0.2) is 89.1 Å². The predicted molar refractivity (Wildman–Crippen MR) is 130 cm³/mol. The van der Waals surface area contributed by atoms with Gasteiger partial charge in [-0.2, -0.15) is 5.10 Å². The molecule has 4 rings (SSSR count). The van der Waals surface area contributed by atoms with E-state index in [2.05, 4.69) is 20.7 Å². The zero-order valence-corrected chi connectivity index (χ0v) is 19.0. The number of carbonyl (C=O) groups is 1. The Bertz CT molecular complexity index is 1240. The van der Waals surface area contributed by atoms with Crippen molar-refractivity contribution in [3.63, 3.8) is 0 Å². The maximum Gasteiger partial charge on any atom is 0.250 e. The molecule has 9 heteroatoms. The van der Waals surface area contributed by atoms with Gasteiger partial charge in [-0.25, -0.2) is 5.43 Å².